The first-order valence-corrected chi connectivity index (χ1v) is 6.42. The monoisotopic (exact) mass is 205 g/mol. The number of hydrogen-bond acceptors (Lipinski definition) is 1. The maximum absolute atomic E-state index is 2.63. The second-order valence-corrected chi connectivity index (χ2v) is 5.07. The molecule has 0 N–H and O–H groups in total. The Bertz CT molecular complexity index is 252. The van der Waals surface area contributed by atoms with Crippen LogP contribution in [0.25, 0.3) is 0 Å². The van der Waals surface area contributed by atoms with Crippen molar-refractivity contribution in [2.75, 3.05) is 19.6 Å². The second kappa shape index (κ2) is 5.50. The van der Waals surface area contributed by atoms with Crippen molar-refractivity contribution in [2.45, 2.75) is 39.0 Å². The minimum atomic E-state index is 0.936. The predicted molar refractivity (Wildman–Crippen MR) is 65.9 cm³/mol. The quantitative estimate of drug-likeness (QED) is 0.668. The van der Waals surface area contributed by atoms with Crippen LogP contribution in [-0.2, 0) is 0 Å². The van der Waals surface area contributed by atoms with Gasteiger partial charge in [0, 0.05) is 6.54 Å². The fourth-order valence-electron chi connectivity index (χ4n) is 2.52. The van der Waals surface area contributed by atoms with Gasteiger partial charge in [-0.05, 0) is 56.7 Å². The molecule has 1 fully saturated rings. The van der Waals surface area contributed by atoms with E-state index in [0.29, 0.717) is 0 Å². The maximum atomic E-state index is 2.63. The van der Waals surface area contributed by atoms with Crippen LogP contribution in [-0.4, -0.2) is 24.5 Å². The summed E-state index contributed by atoms with van der Waals surface area (Å²) in [6.07, 6.45) is 13.7. The molecule has 1 atom stereocenters. The number of allylic oxidation sites excluding steroid dienone is 2. The molecule has 1 nitrogen and oxygen atoms in total. The second-order valence-electron chi connectivity index (χ2n) is 5.07. The summed E-state index contributed by atoms with van der Waals surface area (Å²) in [5, 5.41) is 0. The van der Waals surface area contributed by atoms with Crippen LogP contribution in [0.1, 0.15) is 39.0 Å². The first-order chi connectivity index (χ1) is 7.34. The first-order valence-electron chi connectivity index (χ1n) is 6.42. The normalized spacial score (nSPS) is 28.6. The van der Waals surface area contributed by atoms with E-state index in [1.54, 1.807) is 0 Å². The lowest BCUT2D eigenvalue weighted by molar-refractivity contribution is 0.306. The van der Waals surface area contributed by atoms with E-state index >= 15 is 0 Å². The zero-order valence-corrected chi connectivity index (χ0v) is 9.91. The molecular formula is C14H23N. The van der Waals surface area contributed by atoms with Gasteiger partial charge in [-0.3, -0.25) is 4.90 Å². The molecule has 0 aromatic carbocycles. The van der Waals surface area contributed by atoms with Crippen LogP contribution < -0.4 is 0 Å². The van der Waals surface area contributed by atoms with Crippen molar-refractivity contribution in [1.29, 1.82) is 0 Å². The number of nitrogens with zero attached hydrogens (tertiary/aromatic N) is 1. The molecule has 0 bridgehead atoms. The van der Waals surface area contributed by atoms with E-state index in [4.69, 9.17) is 0 Å². The summed E-state index contributed by atoms with van der Waals surface area (Å²) in [5.74, 6) is 0.936. The Hall–Kier alpha value is -0.560. The van der Waals surface area contributed by atoms with E-state index in [1.165, 1.54) is 57.3 Å². The molecule has 1 unspecified atom stereocenters. The molecule has 0 amide bonds. The van der Waals surface area contributed by atoms with Crippen molar-refractivity contribution in [3.05, 3.63) is 23.8 Å². The van der Waals surface area contributed by atoms with Crippen molar-refractivity contribution in [3.8, 4) is 0 Å². The Morgan fingerprint density at radius 2 is 2.20 bits per heavy atom. The van der Waals surface area contributed by atoms with E-state index < -0.39 is 0 Å². The summed E-state index contributed by atoms with van der Waals surface area (Å²) in [5.41, 5.74) is 1.54. The fourth-order valence-corrected chi connectivity index (χ4v) is 2.52. The minimum Gasteiger partial charge on any atom is -0.299 e. The number of likely N-dealkylation sites (tertiary alicyclic amines) is 1. The van der Waals surface area contributed by atoms with Gasteiger partial charge in [0.2, 0.25) is 0 Å². The largest absolute Gasteiger partial charge is 0.299 e. The van der Waals surface area contributed by atoms with Gasteiger partial charge in [0.15, 0.2) is 0 Å². The van der Waals surface area contributed by atoms with Crippen molar-refractivity contribution in [2.24, 2.45) is 5.92 Å². The average Bonchev–Trinajstić information content (AvgIpc) is 2.46. The lowest BCUT2D eigenvalue weighted by Gasteiger charge is -2.21. The Kier molecular flexibility index (Phi) is 4.01. The number of hydrogen-bond donors (Lipinski definition) is 0. The van der Waals surface area contributed by atoms with Crippen molar-refractivity contribution in [3.63, 3.8) is 0 Å². The smallest absolute Gasteiger partial charge is 0.0230 e. The summed E-state index contributed by atoms with van der Waals surface area (Å²) in [6, 6.07) is 0. The topological polar surface area (TPSA) is 3.24 Å². The highest BCUT2D eigenvalue weighted by Gasteiger charge is 2.14. The van der Waals surface area contributed by atoms with Crippen LogP contribution in [0.2, 0.25) is 0 Å². The molecule has 0 spiro atoms. The molecule has 0 aromatic rings. The van der Waals surface area contributed by atoms with Crippen LogP contribution in [0, 0.1) is 5.92 Å². The molecule has 1 heteroatoms. The summed E-state index contributed by atoms with van der Waals surface area (Å²) >= 11 is 0. The summed E-state index contributed by atoms with van der Waals surface area (Å²) < 4.78 is 0. The SMILES string of the molecule is CC1CCCN(CC2=CCCC=C2)CC1. The maximum Gasteiger partial charge on any atom is 0.0230 e. The minimum absolute atomic E-state index is 0.936. The first kappa shape index (κ1) is 10.9. The van der Waals surface area contributed by atoms with Gasteiger partial charge < -0.3 is 0 Å². The van der Waals surface area contributed by atoms with Crippen molar-refractivity contribution >= 4 is 0 Å². The molecule has 1 aliphatic carbocycles. The van der Waals surface area contributed by atoms with Gasteiger partial charge in [-0.15, -0.1) is 0 Å². The molecule has 84 valence electrons. The third-order valence-corrected chi connectivity index (χ3v) is 3.59. The van der Waals surface area contributed by atoms with E-state index in [0.717, 1.165) is 5.92 Å². The third kappa shape index (κ3) is 3.49. The van der Waals surface area contributed by atoms with E-state index in [2.05, 4.69) is 30.1 Å². The number of rotatable bonds is 2. The molecule has 15 heavy (non-hydrogen) atoms. The molecule has 1 aliphatic heterocycles. The predicted octanol–water partition coefficient (Wildman–Crippen LogP) is 3.38. The van der Waals surface area contributed by atoms with Gasteiger partial charge in [0.05, 0.1) is 0 Å². The van der Waals surface area contributed by atoms with Crippen LogP contribution in [0.3, 0.4) is 0 Å². The van der Waals surface area contributed by atoms with Crippen molar-refractivity contribution in [1.82, 2.24) is 4.90 Å². The molecule has 1 heterocycles. The van der Waals surface area contributed by atoms with Crippen LogP contribution >= 0.6 is 0 Å². The van der Waals surface area contributed by atoms with Gasteiger partial charge in [-0.25, -0.2) is 0 Å². The van der Waals surface area contributed by atoms with Gasteiger partial charge in [-0.2, -0.15) is 0 Å². The third-order valence-electron chi connectivity index (χ3n) is 3.59. The summed E-state index contributed by atoms with van der Waals surface area (Å²) in [6.45, 7) is 6.17. The Balaban J connectivity index is 1.83. The average molecular weight is 205 g/mol. The van der Waals surface area contributed by atoms with Crippen molar-refractivity contribution < 1.29 is 0 Å². The zero-order valence-electron chi connectivity index (χ0n) is 9.91. The molecule has 0 saturated carbocycles. The molecule has 0 aromatic heterocycles. The molecule has 0 radical (unpaired) electrons. The Morgan fingerprint density at radius 1 is 1.27 bits per heavy atom. The molecular weight excluding hydrogens is 182 g/mol. The Morgan fingerprint density at radius 3 is 3.00 bits per heavy atom. The van der Waals surface area contributed by atoms with E-state index in [9.17, 15) is 0 Å². The van der Waals surface area contributed by atoms with Crippen LogP contribution in [0.15, 0.2) is 23.8 Å². The molecule has 2 rings (SSSR count). The standard InChI is InChI=1S/C14H23N/c1-13-6-5-10-15(11-9-13)12-14-7-3-2-4-8-14/h3,7-8,13H,2,4-6,9-12H2,1H3. The van der Waals surface area contributed by atoms with Gasteiger partial charge in [0.25, 0.3) is 0 Å². The highest BCUT2D eigenvalue weighted by atomic mass is 15.1. The van der Waals surface area contributed by atoms with Gasteiger partial charge in [-0.1, -0.05) is 25.2 Å². The van der Waals surface area contributed by atoms with Crippen LogP contribution in [0.5, 0.6) is 0 Å². The zero-order chi connectivity index (χ0) is 10.5. The Labute approximate surface area is 93.9 Å². The van der Waals surface area contributed by atoms with E-state index in [1.807, 2.05) is 0 Å². The molecule has 1 saturated heterocycles. The lowest BCUT2D eigenvalue weighted by atomic mass is 10.0. The summed E-state index contributed by atoms with van der Waals surface area (Å²) in [7, 11) is 0. The van der Waals surface area contributed by atoms with Gasteiger partial charge >= 0.3 is 0 Å². The van der Waals surface area contributed by atoms with E-state index in [-0.39, 0.29) is 0 Å². The lowest BCUT2D eigenvalue weighted by Crippen LogP contribution is -2.27. The highest BCUT2D eigenvalue weighted by molar-refractivity contribution is 5.23. The van der Waals surface area contributed by atoms with Gasteiger partial charge in [0.1, 0.15) is 0 Å². The van der Waals surface area contributed by atoms with Crippen LogP contribution in [0.4, 0.5) is 0 Å². The fraction of sp³-hybridized carbons (Fsp3) is 0.714. The molecule has 2 aliphatic rings. The summed E-state index contributed by atoms with van der Waals surface area (Å²) in [4.78, 5) is 2.63. The highest BCUT2D eigenvalue weighted by Crippen LogP contribution is 2.18.